The fourth-order valence-corrected chi connectivity index (χ4v) is 5.52. The van der Waals surface area contributed by atoms with Crippen molar-refractivity contribution in [3.8, 4) is 17.2 Å². The van der Waals surface area contributed by atoms with Crippen LogP contribution < -0.4 is 4.74 Å². The summed E-state index contributed by atoms with van der Waals surface area (Å²) in [6.07, 6.45) is -14.2. The Hall–Kier alpha value is -3.27. The summed E-state index contributed by atoms with van der Waals surface area (Å²) in [7, 11) is 1.27. The SMILES string of the molecule is COc1cccc2c1C(=O)c1c(O)c3c(c(O)c1C2=O)C[C@@](O)(CCO)C[C@@H]3OC(CC(C)O)OC(CO)C(F)(F)F. The molecule has 0 saturated heterocycles. The van der Waals surface area contributed by atoms with Crippen molar-refractivity contribution in [3.63, 3.8) is 0 Å². The van der Waals surface area contributed by atoms with Gasteiger partial charge in [-0.05, 0) is 19.4 Å². The molecular formula is C28H31F3O11. The first-order valence-corrected chi connectivity index (χ1v) is 13.0. The van der Waals surface area contributed by atoms with Crippen LogP contribution in [0.4, 0.5) is 13.2 Å². The molecule has 0 fully saturated rings. The van der Waals surface area contributed by atoms with E-state index < -0.39 is 103 Å². The fourth-order valence-electron chi connectivity index (χ4n) is 5.52. The first-order valence-electron chi connectivity index (χ1n) is 13.0. The number of carbonyl (C=O) groups is 2. The molecule has 4 rings (SSSR count). The van der Waals surface area contributed by atoms with Crippen LogP contribution in [0.25, 0.3) is 0 Å². The molecule has 0 saturated carbocycles. The van der Waals surface area contributed by atoms with Crippen LogP contribution in [0.2, 0.25) is 0 Å². The Kier molecular flexibility index (Phi) is 8.88. The molecule has 2 aliphatic carbocycles. The van der Waals surface area contributed by atoms with Gasteiger partial charge in [-0.2, -0.15) is 13.2 Å². The van der Waals surface area contributed by atoms with Gasteiger partial charge in [0.25, 0.3) is 0 Å². The lowest BCUT2D eigenvalue weighted by atomic mass is 9.72. The fraction of sp³-hybridized carbons (Fsp3) is 0.500. The molecule has 0 amide bonds. The molecule has 2 aliphatic rings. The summed E-state index contributed by atoms with van der Waals surface area (Å²) in [5.74, 6) is -3.25. The largest absolute Gasteiger partial charge is 0.507 e. The van der Waals surface area contributed by atoms with E-state index in [2.05, 4.69) is 0 Å². The summed E-state index contributed by atoms with van der Waals surface area (Å²) in [6, 6.07) is 4.21. The Morgan fingerprint density at radius 2 is 1.74 bits per heavy atom. The molecule has 6 N–H and O–H groups in total. The van der Waals surface area contributed by atoms with Gasteiger partial charge in [0.2, 0.25) is 5.78 Å². The van der Waals surface area contributed by atoms with Crippen molar-refractivity contribution in [1.82, 2.24) is 0 Å². The molecule has 0 spiro atoms. The first kappa shape index (κ1) is 31.7. The zero-order valence-electron chi connectivity index (χ0n) is 22.6. The smallest absolute Gasteiger partial charge is 0.417 e. The number of aliphatic hydroxyl groups excluding tert-OH is 3. The van der Waals surface area contributed by atoms with E-state index in [0.717, 1.165) is 0 Å². The number of aliphatic hydroxyl groups is 4. The van der Waals surface area contributed by atoms with Crippen LogP contribution in [-0.4, -0.2) is 92.8 Å². The zero-order chi connectivity index (χ0) is 31.1. The molecule has 42 heavy (non-hydrogen) atoms. The van der Waals surface area contributed by atoms with Crippen molar-refractivity contribution in [3.05, 3.63) is 51.6 Å². The van der Waals surface area contributed by atoms with Crippen molar-refractivity contribution < 1.29 is 67.6 Å². The van der Waals surface area contributed by atoms with Gasteiger partial charge in [-0.25, -0.2) is 0 Å². The van der Waals surface area contributed by atoms with E-state index in [-0.39, 0.29) is 34.4 Å². The van der Waals surface area contributed by atoms with E-state index in [4.69, 9.17) is 14.2 Å². The van der Waals surface area contributed by atoms with Crippen molar-refractivity contribution in [2.45, 2.75) is 69.0 Å². The van der Waals surface area contributed by atoms with Gasteiger partial charge in [0, 0.05) is 42.6 Å². The molecule has 3 unspecified atom stereocenters. The second-order valence-corrected chi connectivity index (χ2v) is 10.4. The third-order valence-electron chi connectivity index (χ3n) is 7.43. The molecule has 2 aromatic rings. The van der Waals surface area contributed by atoms with E-state index in [0.29, 0.717) is 0 Å². The summed E-state index contributed by atoms with van der Waals surface area (Å²) >= 11 is 0. The lowest BCUT2D eigenvalue weighted by molar-refractivity contribution is -0.294. The monoisotopic (exact) mass is 600 g/mol. The number of fused-ring (bicyclic) bond motifs is 3. The predicted octanol–water partition coefficient (Wildman–Crippen LogP) is 2.04. The minimum absolute atomic E-state index is 0.0193. The molecule has 0 aliphatic heterocycles. The van der Waals surface area contributed by atoms with Crippen LogP contribution in [-0.2, 0) is 15.9 Å². The van der Waals surface area contributed by atoms with Gasteiger partial charge in [0.1, 0.15) is 17.2 Å². The number of carbonyl (C=O) groups excluding carboxylic acids is 2. The Balaban J connectivity index is 1.89. The summed E-state index contributed by atoms with van der Waals surface area (Å²) in [5.41, 5.74) is -3.78. The van der Waals surface area contributed by atoms with E-state index in [1.54, 1.807) is 0 Å². The molecule has 0 bridgehead atoms. The quantitative estimate of drug-likeness (QED) is 0.148. The van der Waals surface area contributed by atoms with E-state index in [9.17, 15) is 53.4 Å². The van der Waals surface area contributed by atoms with Crippen LogP contribution in [0.15, 0.2) is 18.2 Å². The van der Waals surface area contributed by atoms with Crippen molar-refractivity contribution in [1.29, 1.82) is 0 Å². The summed E-state index contributed by atoms with van der Waals surface area (Å²) < 4.78 is 56.2. The Labute approximate surface area is 237 Å². The number of hydrogen-bond donors (Lipinski definition) is 6. The lowest BCUT2D eigenvalue weighted by Gasteiger charge is -2.41. The predicted molar refractivity (Wildman–Crippen MR) is 137 cm³/mol. The number of ether oxygens (including phenoxy) is 3. The van der Waals surface area contributed by atoms with Gasteiger partial charge in [0.15, 0.2) is 18.2 Å². The first-order chi connectivity index (χ1) is 19.7. The molecular weight excluding hydrogens is 569 g/mol. The molecule has 11 nitrogen and oxygen atoms in total. The number of aromatic hydroxyl groups is 2. The Bertz CT molecular complexity index is 1370. The van der Waals surface area contributed by atoms with Gasteiger partial charge in [-0.15, -0.1) is 0 Å². The maximum absolute atomic E-state index is 13.7. The number of methoxy groups -OCH3 is 1. The van der Waals surface area contributed by atoms with E-state index in [1.165, 1.54) is 32.2 Å². The highest BCUT2D eigenvalue weighted by molar-refractivity contribution is 6.31. The van der Waals surface area contributed by atoms with E-state index in [1.807, 2.05) is 0 Å². The molecule has 0 heterocycles. The van der Waals surface area contributed by atoms with Gasteiger partial charge in [-0.1, -0.05) is 12.1 Å². The number of phenolic OH excluding ortho intramolecular Hbond substituents is 2. The molecule has 2 aromatic carbocycles. The number of phenols is 2. The van der Waals surface area contributed by atoms with Crippen LogP contribution in [0.5, 0.6) is 17.2 Å². The van der Waals surface area contributed by atoms with E-state index >= 15 is 0 Å². The molecule has 230 valence electrons. The van der Waals surface area contributed by atoms with Crippen LogP contribution in [0.1, 0.15) is 75.3 Å². The third kappa shape index (κ3) is 5.70. The van der Waals surface area contributed by atoms with Gasteiger partial charge < -0.3 is 44.8 Å². The highest BCUT2D eigenvalue weighted by Crippen LogP contribution is 2.52. The molecule has 0 radical (unpaired) electrons. The standard InChI is InChI=1S/C28H31F3O11/c1-12(34)8-18(42-17(11-33)28(29,30)31)41-16-10-27(39,6-7-32)9-14-20(16)26(38)22-21(24(14)36)23(35)13-4-3-5-15(40-2)19(13)25(22)37/h3-5,12,16-18,32-34,36,38-39H,6-11H2,1-2H3/t12?,16-,17?,18?,27-/m0/s1. The maximum Gasteiger partial charge on any atom is 0.417 e. The van der Waals surface area contributed by atoms with Gasteiger partial charge >= 0.3 is 6.18 Å². The summed E-state index contributed by atoms with van der Waals surface area (Å²) in [6.45, 7) is -0.779. The van der Waals surface area contributed by atoms with Crippen molar-refractivity contribution in [2.75, 3.05) is 20.3 Å². The van der Waals surface area contributed by atoms with Crippen LogP contribution in [0, 0.1) is 0 Å². The number of halogens is 3. The second-order valence-electron chi connectivity index (χ2n) is 10.4. The normalized spacial score (nSPS) is 22.2. The van der Waals surface area contributed by atoms with Crippen LogP contribution in [0.3, 0.4) is 0 Å². The van der Waals surface area contributed by atoms with Gasteiger partial charge in [-0.3, -0.25) is 9.59 Å². The highest BCUT2D eigenvalue weighted by Gasteiger charge is 2.48. The van der Waals surface area contributed by atoms with Crippen LogP contribution >= 0.6 is 0 Å². The number of benzene rings is 2. The minimum atomic E-state index is -5.02. The molecule has 14 heteroatoms. The number of ketones is 2. The number of hydrogen-bond acceptors (Lipinski definition) is 11. The molecule has 5 atom stereocenters. The zero-order valence-corrected chi connectivity index (χ0v) is 22.6. The Morgan fingerprint density at radius 3 is 2.31 bits per heavy atom. The summed E-state index contributed by atoms with van der Waals surface area (Å²) in [4.78, 5) is 27.2. The Morgan fingerprint density at radius 1 is 1.07 bits per heavy atom. The lowest BCUT2D eigenvalue weighted by Crippen LogP contribution is -2.43. The minimum Gasteiger partial charge on any atom is -0.507 e. The second kappa shape index (κ2) is 11.8. The molecule has 0 aromatic heterocycles. The van der Waals surface area contributed by atoms with Gasteiger partial charge in [0.05, 0.1) is 48.2 Å². The average Bonchev–Trinajstić information content (AvgIpc) is 2.90. The highest BCUT2D eigenvalue weighted by atomic mass is 19.4. The average molecular weight is 601 g/mol. The maximum atomic E-state index is 13.7. The summed E-state index contributed by atoms with van der Waals surface area (Å²) in [5, 5.41) is 62.8. The van der Waals surface area contributed by atoms with Crippen molar-refractivity contribution in [2.24, 2.45) is 0 Å². The van der Waals surface area contributed by atoms with Crippen molar-refractivity contribution >= 4 is 11.6 Å². The number of alkyl halides is 3. The third-order valence-corrected chi connectivity index (χ3v) is 7.43. The topological polar surface area (TPSA) is 183 Å². The number of rotatable bonds is 10.